The van der Waals surface area contributed by atoms with E-state index in [9.17, 15) is 4.79 Å². The summed E-state index contributed by atoms with van der Waals surface area (Å²) in [7, 11) is 1.79. The Hall–Kier alpha value is -2.88. The summed E-state index contributed by atoms with van der Waals surface area (Å²) in [6.45, 7) is 4.92. The second-order valence-electron chi connectivity index (χ2n) is 5.05. The summed E-state index contributed by atoms with van der Waals surface area (Å²) in [6.07, 6.45) is 2.64. The van der Waals surface area contributed by atoms with E-state index in [1.54, 1.807) is 20.0 Å². The van der Waals surface area contributed by atoms with Crippen molar-refractivity contribution in [3.8, 4) is 0 Å². The Balaban J connectivity index is 2.35. The molecule has 0 saturated heterocycles. The van der Waals surface area contributed by atoms with Gasteiger partial charge in [0.25, 0.3) is 0 Å². The van der Waals surface area contributed by atoms with Gasteiger partial charge in [-0.2, -0.15) is 0 Å². The van der Waals surface area contributed by atoms with Crippen LogP contribution >= 0.6 is 0 Å². The molecule has 2 aromatic rings. The van der Waals surface area contributed by atoms with Crippen LogP contribution in [0.4, 0.5) is 5.69 Å². The average molecular weight is 308 g/mol. The molecule has 0 bridgehead atoms. The lowest BCUT2D eigenvalue weighted by Gasteiger charge is -2.10. The van der Waals surface area contributed by atoms with Gasteiger partial charge in [0.1, 0.15) is 0 Å². The molecule has 4 heteroatoms. The first-order chi connectivity index (χ1) is 11.2. The summed E-state index contributed by atoms with van der Waals surface area (Å²) in [6, 6.07) is 15.6. The second-order valence-corrected chi connectivity index (χ2v) is 5.05. The number of nitrogens with zero attached hydrogens (tertiary/aromatic N) is 1. The van der Waals surface area contributed by atoms with Crippen LogP contribution in [0.15, 0.2) is 59.8 Å². The van der Waals surface area contributed by atoms with Crippen LogP contribution in [0, 0.1) is 0 Å². The van der Waals surface area contributed by atoms with E-state index in [1.807, 2.05) is 48.5 Å². The number of carbonyl (C=O) groups is 1. The normalized spacial score (nSPS) is 11.0. The SMILES string of the molecule is C=NO/C(=C\Cc1ccccc1)c1ccc(NC)c(C(C)=O)c1. The van der Waals surface area contributed by atoms with Crippen LogP contribution in [0.1, 0.15) is 28.4 Å². The van der Waals surface area contributed by atoms with E-state index in [2.05, 4.69) is 17.2 Å². The molecule has 2 aromatic carbocycles. The fourth-order valence-electron chi connectivity index (χ4n) is 2.31. The van der Waals surface area contributed by atoms with Crippen molar-refractivity contribution in [1.82, 2.24) is 0 Å². The van der Waals surface area contributed by atoms with Crippen LogP contribution in [0.5, 0.6) is 0 Å². The van der Waals surface area contributed by atoms with Gasteiger partial charge in [0, 0.05) is 30.6 Å². The third-order valence-electron chi connectivity index (χ3n) is 3.48. The van der Waals surface area contributed by atoms with Gasteiger partial charge in [0.05, 0.1) is 0 Å². The maximum atomic E-state index is 11.8. The Morgan fingerprint density at radius 2 is 2.00 bits per heavy atom. The molecular weight excluding hydrogens is 288 g/mol. The van der Waals surface area contributed by atoms with Crippen molar-refractivity contribution in [1.29, 1.82) is 0 Å². The topological polar surface area (TPSA) is 50.7 Å². The van der Waals surface area contributed by atoms with Gasteiger partial charge in [0.2, 0.25) is 0 Å². The summed E-state index contributed by atoms with van der Waals surface area (Å²) in [4.78, 5) is 17.1. The van der Waals surface area contributed by atoms with Crippen molar-refractivity contribution in [3.63, 3.8) is 0 Å². The van der Waals surface area contributed by atoms with Gasteiger partial charge in [-0.15, -0.1) is 0 Å². The zero-order valence-electron chi connectivity index (χ0n) is 13.4. The molecular formula is C19H20N2O2. The lowest BCUT2D eigenvalue weighted by molar-refractivity contribution is 0.101. The highest BCUT2D eigenvalue weighted by molar-refractivity contribution is 6.00. The number of benzene rings is 2. The van der Waals surface area contributed by atoms with E-state index in [0.29, 0.717) is 17.7 Å². The van der Waals surface area contributed by atoms with Crippen LogP contribution in [-0.2, 0) is 11.3 Å². The van der Waals surface area contributed by atoms with Crippen LogP contribution in [-0.4, -0.2) is 19.5 Å². The first-order valence-corrected chi connectivity index (χ1v) is 7.36. The first-order valence-electron chi connectivity index (χ1n) is 7.36. The number of hydrogen-bond acceptors (Lipinski definition) is 4. The number of hydrogen-bond donors (Lipinski definition) is 1. The molecule has 0 fully saturated rings. The Labute approximate surface area is 136 Å². The monoisotopic (exact) mass is 308 g/mol. The van der Waals surface area contributed by atoms with Crippen molar-refractivity contribution in [2.24, 2.45) is 5.16 Å². The molecule has 0 saturated carbocycles. The minimum atomic E-state index is -0.00910. The average Bonchev–Trinajstić information content (AvgIpc) is 2.59. The molecule has 0 radical (unpaired) electrons. The van der Waals surface area contributed by atoms with Crippen molar-refractivity contribution in [2.75, 3.05) is 12.4 Å². The summed E-state index contributed by atoms with van der Waals surface area (Å²) >= 11 is 0. The lowest BCUT2D eigenvalue weighted by atomic mass is 10.0. The minimum absolute atomic E-state index is 0.00910. The third kappa shape index (κ3) is 4.30. The van der Waals surface area contributed by atoms with Crippen molar-refractivity contribution >= 4 is 23.9 Å². The van der Waals surface area contributed by atoms with Gasteiger partial charge in [0.15, 0.2) is 11.5 Å². The number of oxime groups is 1. The number of allylic oxidation sites excluding steroid dienone is 1. The lowest BCUT2D eigenvalue weighted by Crippen LogP contribution is -2.02. The molecule has 0 atom stereocenters. The van der Waals surface area contributed by atoms with E-state index < -0.39 is 0 Å². The molecule has 0 aliphatic rings. The Morgan fingerprint density at radius 1 is 1.26 bits per heavy atom. The highest BCUT2D eigenvalue weighted by atomic mass is 16.6. The Morgan fingerprint density at radius 3 is 2.61 bits per heavy atom. The van der Waals surface area contributed by atoms with Crippen LogP contribution in [0.25, 0.3) is 5.76 Å². The van der Waals surface area contributed by atoms with Crippen molar-refractivity contribution in [3.05, 3.63) is 71.3 Å². The zero-order chi connectivity index (χ0) is 16.7. The van der Waals surface area contributed by atoms with Gasteiger partial charge in [-0.1, -0.05) is 35.5 Å². The molecule has 0 aromatic heterocycles. The van der Waals surface area contributed by atoms with Gasteiger partial charge in [-0.05, 0) is 43.2 Å². The predicted octanol–water partition coefficient (Wildman–Crippen LogP) is 4.15. The van der Waals surface area contributed by atoms with E-state index >= 15 is 0 Å². The van der Waals surface area contributed by atoms with Crippen LogP contribution in [0.2, 0.25) is 0 Å². The zero-order valence-corrected chi connectivity index (χ0v) is 13.4. The Bertz CT molecular complexity index is 721. The highest BCUT2D eigenvalue weighted by Gasteiger charge is 2.11. The smallest absolute Gasteiger partial charge is 0.161 e. The minimum Gasteiger partial charge on any atom is -0.388 e. The molecule has 1 N–H and O–H groups in total. The van der Waals surface area contributed by atoms with Gasteiger partial charge in [-0.25, -0.2) is 0 Å². The summed E-state index contributed by atoms with van der Waals surface area (Å²) in [5.41, 5.74) is 3.35. The Kier molecular flexibility index (Phi) is 5.69. The van der Waals surface area contributed by atoms with Crippen LogP contribution in [0.3, 0.4) is 0 Å². The summed E-state index contributed by atoms with van der Waals surface area (Å²) in [5.74, 6) is 0.569. The second kappa shape index (κ2) is 7.94. The fraction of sp³-hybridized carbons (Fsp3) is 0.158. The number of carbonyl (C=O) groups excluding carboxylic acids is 1. The van der Waals surface area contributed by atoms with Crippen molar-refractivity contribution < 1.29 is 9.63 Å². The van der Waals surface area contributed by atoms with E-state index in [1.165, 1.54) is 0 Å². The van der Waals surface area contributed by atoms with Gasteiger partial charge in [-0.3, -0.25) is 4.79 Å². The molecule has 0 spiro atoms. The number of ketones is 1. The van der Waals surface area contributed by atoms with Crippen LogP contribution < -0.4 is 5.32 Å². The standard InChI is InChI=1S/C19H20N2O2/c1-14(22)17-13-16(10-11-18(17)20-2)19(23-21-3)12-9-15-7-5-4-6-8-15/h4-8,10-13,20H,3,9H2,1-2H3/b19-12-. The number of nitrogens with one attached hydrogen (secondary N) is 1. The molecule has 23 heavy (non-hydrogen) atoms. The predicted molar refractivity (Wildman–Crippen MR) is 94.8 cm³/mol. The molecule has 0 amide bonds. The molecule has 0 unspecified atom stereocenters. The quantitative estimate of drug-likeness (QED) is 0.362. The fourth-order valence-corrected chi connectivity index (χ4v) is 2.31. The molecule has 2 rings (SSSR count). The van der Waals surface area contributed by atoms with E-state index in [-0.39, 0.29) is 5.78 Å². The van der Waals surface area contributed by atoms with E-state index in [4.69, 9.17) is 4.84 Å². The maximum Gasteiger partial charge on any atom is 0.161 e. The number of rotatable bonds is 7. The molecule has 4 nitrogen and oxygen atoms in total. The van der Waals surface area contributed by atoms with E-state index in [0.717, 1.165) is 16.8 Å². The summed E-state index contributed by atoms with van der Waals surface area (Å²) < 4.78 is 0. The largest absolute Gasteiger partial charge is 0.388 e. The molecule has 0 heterocycles. The maximum absolute atomic E-state index is 11.8. The molecule has 0 aliphatic carbocycles. The number of anilines is 1. The van der Waals surface area contributed by atoms with Gasteiger partial charge < -0.3 is 10.2 Å². The summed E-state index contributed by atoms with van der Waals surface area (Å²) in [5, 5.41) is 6.54. The highest BCUT2D eigenvalue weighted by Crippen LogP contribution is 2.24. The van der Waals surface area contributed by atoms with Crippen molar-refractivity contribution in [2.45, 2.75) is 13.3 Å². The third-order valence-corrected chi connectivity index (χ3v) is 3.48. The van der Waals surface area contributed by atoms with Gasteiger partial charge >= 0.3 is 0 Å². The molecule has 118 valence electrons. The molecule has 0 aliphatic heterocycles. The number of Topliss-reactive ketones (excluding diaryl/α,β-unsaturated/α-hetero) is 1. The first kappa shape index (κ1) is 16.5.